The topological polar surface area (TPSA) is 26.3 Å². The molecule has 0 aliphatic heterocycles. The number of hydrogen-bond acceptors (Lipinski definition) is 2. The molecule has 0 amide bonds. The van der Waals surface area contributed by atoms with Crippen molar-refractivity contribution >= 4 is 5.78 Å². The molecule has 0 atom stereocenters. The van der Waals surface area contributed by atoms with Crippen molar-refractivity contribution in [3.63, 3.8) is 0 Å². The van der Waals surface area contributed by atoms with E-state index < -0.39 is 0 Å². The molecule has 0 N–H and O–H groups in total. The SMILES string of the molecule is CC.CCC.CCCOCC.O=C(C1=CCCC=C1)c1ccccc1. The van der Waals surface area contributed by atoms with Gasteiger partial charge in [-0.3, -0.25) is 4.79 Å². The molecule has 0 bridgehead atoms. The molecule has 0 aromatic heterocycles. The van der Waals surface area contributed by atoms with Gasteiger partial charge < -0.3 is 4.74 Å². The van der Waals surface area contributed by atoms with Gasteiger partial charge in [0.2, 0.25) is 0 Å². The maximum atomic E-state index is 11.9. The van der Waals surface area contributed by atoms with Gasteiger partial charge in [0, 0.05) is 24.4 Å². The predicted molar refractivity (Wildman–Crippen MR) is 111 cm³/mol. The Morgan fingerprint density at radius 2 is 1.60 bits per heavy atom. The van der Waals surface area contributed by atoms with E-state index in [1.54, 1.807) is 0 Å². The zero-order chi connectivity index (χ0) is 19.3. The highest BCUT2D eigenvalue weighted by atomic mass is 16.5. The average Bonchev–Trinajstić information content (AvgIpc) is 2.70. The smallest absolute Gasteiger partial charge is 0.192 e. The zero-order valence-electron chi connectivity index (χ0n) is 17.2. The summed E-state index contributed by atoms with van der Waals surface area (Å²) in [5, 5.41) is 0. The lowest BCUT2D eigenvalue weighted by Crippen LogP contribution is -2.02. The Hall–Kier alpha value is -1.67. The molecule has 25 heavy (non-hydrogen) atoms. The van der Waals surface area contributed by atoms with Gasteiger partial charge in [-0.15, -0.1) is 0 Å². The molecule has 0 unspecified atom stereocenters. The zero-order valence-corrected chi connectivity index (χ0v) is 17.2. The van der Waals surface area contributed by atoms with Crippen molar-refractivity contribution < 1.29 is 9.53 Å². The molecule has 0 fully saturated rings. The summed E-state index contributed by atoms with van der Waals surface area (Å²) in [6.45, 7) is 14.1. The molecule has 0 saturated heterocycles. The van der Waals surface area contributed by atoms with Crippen molar-refractivity contribution in [2.45, 2.75) is 67.2 Å². The van der Waals surface area contributed by atoms with Crippen LogP contribution < -0.4 is 0 Å². The Morgan fingerprint density at radius 1 is 1.00 bits per heavy atom. The number of ketones is 1. The number of Topliss-reactive ketones (excluding diaryl/α,β-unsaturated/α-hetero) is 1. The molecule has 1 aromatic rings. The van der Waals surface area contributed by atoms with Crippen LogP contribution in [0.3, 0.4) is 0 Å². The van der Waals surface area contributed by atoms with Gasteiger partial charge in [0.25, 0.3) is 0 Å². The third-order valence-electron chi connectivity index (χ3n) is 2.85. The van der Waals surface area contributed by atoms with Crippen molar-refractivity contribution in [1.82, 2.24) is 0 Å². The molecular weight excluding hydrogens is 308 g/mol. The largest absolute Gasteiger partial charge is 0.382 e. The number of carbonyl (C=O) groups excluding carboxylic acids is 1. The van der Waals surface area contributed by atoms with Crippen molar-refractivity contribution in [2.24, 2.45) is 0 Å². The van der Waals surface area contributed by atoms with Crippen molar-refractivity contribution in [1.29, 1.82) is 0 Å². The van der Waals surface area contributed by atoms with Gasteiger partial charge >= 0.3 is 0 Å². The molecule has 142 valence electrons. The Bertz CT molecular complexity index is 454. The second-order valence-electron chi connectivity index (χ2n) is 5.24. The Labute approximate surface area is 156 Å². The van der Waals surface area contributed by atoms with Crippen molar-refractivity contribution in [3.05, 3.63) is 59.7 Å². The fourth-order valence-electron chi connectivity index (χ4n) is 1.83. The van der Waals surface area contributed by atoms with Crippen LogP contribution in [0.15, 0.2) is 54.1 Å². The lowest BCUT2D eigenvalue weighted by molar-refractivity contribution is 0.103. The van der Waals surface area contributed by atoms with Crippen LogP contribution in [0.2, 0.25) is 0 Å². The summed E-state index contributed by atoms with van der Waals surface area (Å²) in [6, 6.07) is 9.40. The van der Waals surface area contributed by atoms with Gasteiger partial charge in [0.15, 0.2) is 5.78 Å². The van der Waals surface area contributed by atoms with Gasteiger partial charge in [0.1, 0.15) is 0 Å². The number of rotatable bonds is 5. The summed E-state index contributed by atoms with van der Waals surface area (Å²) in [5.41, 5.74) is 1.59. The average molecular weight is 347 g/mol. The molecular formula is C23H38O2. The Balaban J connectivity index is 0. The van der Waals surface area contributed by atoms with Crippen LogP contribution >= 0.6 is 0 Å². The van der Waals surface area contributed by atoms with Crippen LogP contribution in [0.1, 0.15) is 77.6 Å². The van der Waals surface area contributed by atoms with Crippen LogP contribution in [0.25, 0.3) is 0 Å². The first-order valence-corrected chi connectivity index (χ1v) is 9.75. The molecule has 1 aliphatic carbocycles. The van der Waals surface area contributed by atoms with Crippen molar-refractivity contribution in [2.75, 3.05) is 13.2 Å². The third-order valence-corrected chi connectivity index (χ3v) is 2.85. The Kier molecular flexibility index (Phi) is 20.8. The van der Waals surface area contributed by atoms with E-state index in [1.807, 2.05) is 63.3 Å². The Morgan fingerprint density at radius 3 is 2.00 bits per heavy atom. The predicted octanol–water partition coefficient (Wildman–Crippen LogP) is 7.02. The molecule has 1 aromatic carbocycles. The van der Waals surface area contributed by atoms with Gasteiger partial charge in [0.05, 0.1) is 0 Å². The highest BCUT2D eigenvalue weighted by Gasteiger charge is 2.09. The molecule has 0 saturated carbocycles. The summed E-state index contributed by atoms with van der Waals surface area (Å²) in [4.78, 5) is 11.9. The van der Waals surface area contributed by atoms with E-state index in [4.69, 9.17) is 4.74 Å². The summed E-state index contributed by atoms with van der Waals surface area (Å²) in [5.74, 6) is 0.126. The lowest BCUT2D eigenvalue weighted by atomic mass is 9.98. The number of benzene rings is 1. The lowest BCUT2D eigenvalue weighted by Gasteiger charge is -2.05. The minimum absolute atomic E-state index is 0.126. The fourth-order valence-corrected chi connectivity index (χ4v) is 1.83. The first-order chi connectivity index (χ1) is 12.2. The normalized spacial score (nSPS) is 11.5. The third kappa shape index (κ3) is 14.4. The van der Waals surface area contributed by atoms with Crippen LogP contribution in [0, 0.1) is 0 Å². The molecule has 2 nitrogen and oxygen atoms in total. The van der Waals surface area contributed by atoms with Gasteiger partial charge in [-0.25, -0.2) is 0 Å². The van der Waals surface area contributed by atoms with E-state index in [2.05, 4.69) is 26.8 Å². The van der Waals surface area contributed by atoms with Crippen LogP contribution in [0.4, 0.5) is 0 Å². The van der Waals surface area contributed by atoms with Crippen LogP contribution in [-0.2, 0) is 4.74 Å². The van der Waals surface area contributed by atoms with E-state index in [-0.39, 0.29) is 5.78 Å². The number of allylic oxidation sites excluding steroid dienone is 4. The second-order valence-corrected chi connectivity index (χ2v) is 5.24. The van der Waals surface area contributed by atoms with Crippen LogP contribution in [-0.4, -0.2) is 19.0 Å². The first kappa shape index (κ1) is 25.6. The van der Waals surface area contributed by atoms with Crippen LogP contribution in [0.5, 0.6) is 0 Å². The molecule has 0 spiro atoms. The van der Waals surface area contributed by atoms with Gasteiger partial charge in [-0.1, -0.05) is 89.6 Å². The standard InChI is InChI=1S/C13H12O.C5H12O.C3H8.C2H6/c14-13(11-7-3-1-4-8-11)12-9-5-2-6-10-12;1-3-5-6-4-2;1-3-2;1-2/h1,3-5,7-10H,2,6H2;3-5H2,1-2H3;3H2,1-2H3;1-2H3. The van der Waals surface area contributed by atoms with E-state index in [0.717, 1.165) is 43.6 Å². The number of hydrogen-bond donors (Lipinski definition) is 0. The molecule has 1 aliphatic rings. The monoisotopic (exact) mass is 346 g/mol. The highest BCUT2D eigenvalue weighted by molar-refractivity contribution is 6.10. The maximum absolute atomic E-state index is 11.9. The van der Waals surface area contributed by atoms with Crippen molar-refractivity contribution in [3.8, 4) is 0 Å². The second kappa shape index (κ2) is 20.4. The molecule has 2 rings (SSSR count). The molecule has 0 radical (unpaired) electrons. The summed E-state index contributed by atoms with van der Waals surface area (Å²) in [7, 11) is 0. The van der Waals surface area contributed by atoms with E-state index in [1.165, 1.54) is 6.42 Å². The van der Waals surface area contributed by atoms with Gasteiger partial charge in [-0.05, 0) is 26.2 Å². The number of ether oxygens (including phenoxy) is 1. The highest BCUT2D eigenvalue weighted by Crippen LogP contribution is 2.15. The fraction of sp³-hybridized carbons (Fsp3) is 0.522. The van der Waals surface area contributed by atoms with E-state index in [9.17, 15) is 4.79 Å². The summed E-state index contributed by atoms with van der Waals surface area (Å²) >= 11 is 0. The minimum Gasteiger partial charge on any atom is -0.382 e. The van der Waals surface area contributed by atoms with E-state index >= 15 is 0 Å². The summed E-state index contributed by atoms with van der Waals surface area (Å²) < 4.78 is 4.98. The van der Waals surface area contributed by atoms with E-state index in [0.29, 0.717) is 0 Å². The first-order valence-electron chi connectivity index (χ1n) is 9.75. The number of carbonyl (C=O) groups is 1. The van der Waals surface area contributed by atoms with Gasteiger partial charge in [-0.2, -0.15) is 0 Å². The quantitative estimate of drug-likeness (QED) is 0.423. The molecule has 0 heterocycles. The maximum Gasteiger partial charge on any atom is 0.192 e. The summed E-state index contributed by atoms with van der Waals surface area (Å²) in [6.07, 6.45) is 10.4. The molecule has 2 heteroatoms. The minimum atomic E-state index is 0.126.